The largest absolute Gasteiger partial charge is 0.491 e. The predicted octanol–water partition coefficient (Wildman–Crippen LogP) is 3.31. The number of hydrogen-bond donors (Lipinski definition) is 2. The molecule has 2 N–H and O–H groups in total. The molecule has 0 bridgehead atoms. The molecule has 0 aromatic heterocycles. The maximum absolute atomic E-state index is 10.5. The summed E-state index contributed by atoms with van der Waals surface area (Å²) in [5.74, 6) is 1.16. The molecular weight excluding hydrogens is 250 g/mol. The molecule has 0 aliphatic heterocycles. The fourth-order valence-electron chi connectivity index (χ4n) is 2.15. The highest BCUT2D eigenvalue weighted by atomic mass is 16.5. The summed E-state index contributed by atoms with van der Waals surface area (Å²) >= 11 is 0. The molecule has 1 rings (SSSR count). The molecular formula is C17H27NO2. The molecule has 0 radical (unpaired) electrons. The first-order valence-electron chi connectivity index (χ1n) is 7.24. The van der Waals surface area contributed by atoms with Crippen molar-refractivity contribution in [3.05, 3.63) is 42.5 Å². The summed E-state index contributed by atoms with van der Waals surface area (Å²) in [4.78, 5) is 0. The standard InChI is InChI=1S/C17H27NO2/c1-6-11-18-16(12(2)3)17(19)14-7-9-15(10-8-14)20-13(4)5/h6-10,12-13,16-19H,1,11H2,2-5H3. The molecule has 20 heavy (non-hydrogen) atoms. The summed E-state index contributed by atoms with van der Waals surface area (Å²) in [6.45, 7) is 12.6. The van der Waals surface area contributed by atoms with Gasteiger partial charge in [-0.25, -0.2) is 0 Å². The van der Waals surface area contributed by atoms with Gasteiger partial charge in [-0.15, -0.1) is 6.58 Å². The highest BCUT2D eigenvalue weighted by Gasteiger charge is 2.23. The first-order valence-corrected chi connectivity index (χ1v) is 7.24. The monoisotopic (exact) mass is 277 g/mol. The van der Waals surface area contributed by atoms with Crippen LogP contribution in [0.4, 0.5) is 0 Å². The maximum Gasteiger partial charge on any atom is 0.119 e. The summed E-state index contributed by atoms with van der Waals surface area (Å²) in [5.41, 5.74) is 0.899. The molecule has 1 aromatic carbocycles. The third kappa shape index (κ3) is 4.99. The van der Waals surface area contributed by atoms with Crippen molar-refractivity contribution < 1.29 is 9.84 Å². The van der Waals surface area contributed by atoms with Crippen molar-refractivity contribution in [3.63, 3.8) is 0 Å². The van der Waals surface area contributed by atoms with Crippen LogP contribution in [0.15, 0.2) is 36.9 Å². The van der Waals surface area contributed by atoms with Crippen LogP contribution in [0.1, 0.15) is 39.4 Å². The van der Waals surface area contributed by atoms with Gasteiger partial charge in [-0.2, -0.15) is 0 Å². The van der Waals surface area contributed by atoms with Gasteiger partial charge in [0.1, 0.15) is 5.75 Å². The average Bonchev–Trinajstić information content (AvgIpc) is 2.38. The van der Waals surface area contributed by atoms with E-state index in [4.69, 9.17) is 4.74 Å². The SMILES string of the molecule is C=CCNC(C(C)C)C(O)c1ccc(OC(C)C)cc1. The quantitative estimate of drug-likeness (QED) is 0.716. The van der Waals surface area contributed by atoms with E-state index in [1.54, 1.807) is 0 Å². The summed E-state index contributed by atoms with van der Waals surface area (Å²) in [5, 5.41) is 13.8. The molecule has 0 spiro atoms. The van der Waals surface area contributed by atoms with E-state index in [1.165, 1.54) is 0 Å². The summed E-state index contributed by atoms with van der Waals surface area (Å²) in [6, 6.07) is 7.66. The Morgan fingerprint density at radius 3 is 2.25 bits per heavy atom. The van der Waals surface area contributed by atoms with Crippen molar-refractivity contribution in [1.82, 2.24) is 5.32 Å². The van der Waals surface area contributed by atoms with Crippen LogP contribution >= 0.6 is 0 Å². The lowest BCUT2D eigenvalue weighted by molar-refractivity contribution is 0.107. The topological polar surface area (TPSA) is 41.5 Å². The second kappa shape index (κ2) is 8.08. The van der Waals surface area contributed by atoms with Gasteiger partial charge in [0.05, 0.1) is 12.2 Å². The Labute approximate surface area is 122 Å². The number of aliphatic hydroxyl groups excluding tert-OH is 1. The van der Waals surface area contributed by atoms with Gasteiger partial charge in [-0.05, 0) is 37.5 Å². The van der Waals surface area contributed by atoms with E-state index in [0.717, 1.165) is 11.3 Å². The van der Waals surface area contributed by atoms with Crippen LogP contribution in [0.5, 0.6) is 5.75 Å². The lowest BCUT2D eigenvalue weighted by Gasteiger charge is -2.27. The normalized spacial score (nSPS) is 14.3. The van der Waals surface area contributed by atoms with E-state index in [9.17, 15) is 5.11 Å². The van der Waals surface area contributed by atoms with Crippen LogP contribution in [0.2, 0.25) is 0 Å². The number of rotatable bonds is 8. The zero-order valence-electron chi connectivity index (χ0n) is 13.0. The fraction of sp³-hybridized carbons (Fsp3) is 0.529. The first kappa shape index (κ1) is 16.7. The minimum Gasteiger partial charge on any atom is -0.491 e. The molecule has 0 aliphatic carbocycles. The Kier molecular flexibility index (Phi) is 6.76. The molecule has 3 nitrogen and oxygen atoms in total. The number of aliphatic hydroxyl groups is 1. The van der Waals surface area contributed by atoms with E-state index < -0.39 is 6.10 Å². The van der Waals surface area contributed by atoms with Gasteiger partial charge in [-0.1, -0.05) is 32.1 Å². The van der Waals surface area contributed by atoms with Crippen molar-refractivity contribution in [2.24, 2.45) is 5.92 Å². The Balaban J connectivity index is 2.78. The number of hydrogen-bond acceptors (Lipinski definition) is 3. The second-order valence-electron chi connectivity index (χ2n) is 5.65. The van der Waals surface area contributed by atoms with E-state index in [0.29, 0.717) is 12.5 Å². The number of nitrogens with one attached hydrogen (secondary N) is 1. The van der Waals surface area contributed by atoms with Crippen LogP contribution in [-0.2, 0) is 0 Å². The summed E-state index contributed by atoms with van der Waals surface area (Å²) < 4.78 is 5.61. The Morgan fingerprint density at radius 2 is 1.80 bits per heavy atom. The average molecular weight is 277 g/mol. The Hall–Kier alpha value is -1.32. The number of benzene rings is 1. The van der Waals surface area contributed by atoms with Crippen molar-refractivity contribution in [3.8, 4) is 5.75 Å². The lowest BCUT2D eigenvalue weighted by Crippen LogP contribution is -2.39. The first-order chi connectivity index (χ1) is 9.45. The van der Waals surface area contributed by atoms with Gasteiger partial charge in [0.15, 0.2) is 0 Å². The van der Waals surface area contributed by atoms with Crippen LogP contribution in [-0.4, -0.2) is 23.8 Å². The predicted molar refractivity (Wildman–Crippen MR) is 84.0 cm³/mol. The van der Waals surface area contributed by atoms with Crippen LogP contribution in [0.3, 0.4) is 0 Å². The Morgan fingerprint density at radius 1 is 1.20 bits per heavy atom. The van der Waals surface area contributed by atoms with Gasteiger partial charge < -0.3 is 15.2 Å². The van der Waals surface area contributed by atoms with Gasteiger partial charge >= 0.3 is 0 Å². The van der Waals surface area contributed by atoms with Crippen LogP contribution in [0.25, 0.3) is 0 Å². The second-order valence-corrected chi connectivity index (χ2v) is 5.65. The summed E-state index contributed by atoms with van der Waals surface area (Å²) in [7, 11) is 0. The molecule has 0 saturated carbocycles. The van der Waals surface area contributed by atoms with E-state index >= 15 is 0 Å². The van der Waals surface area contributed by atoms with Crippen molar-refractivity contribution >= 4 is 0 Å². The highest BCUT2D eigenvalue weighted by Crippen LogP contribution is 2.24. The smallest absolute Gasteiger partial charge is 0.119 e. The highest BCUT2D eigenvalue weighted by molar-refractivity contribution is 5.29. The maximum atomic E-state index is 10.5. The molecule has 112 valence electrons. The molecule has 2 atom stereocenters. The van der Waals surface area contributed by atoms with Gasteiger partial charge in [0.25, 0.3) is 0 Å². The Bertz CT molecular complexity index is 398. The van der Waals surface area contributed by atoms with E-state index in [2.05, 4.69) is 25.7 Å². The number of ether oxygens (including phenoxy) is 1. The molecule has 0 heterocycles. The van der Waals surface area contributed by atoms with Crippen molar-refractivity contribution in [2.45, 2.75) is 45.9 Å². The third-order valence-corrected chi connectivity index (χ3v) is 3.15. The minimum atomic E-state index is -0.539. The minimum absolute atomic E-state index is 0.00451. The van der Waals surface area contributed by atoms with Crippen LogP contribution < -0.4 is 10.1 Å². The molecule has 1 aromatic rings. The van der Waals surface area contributed by atoms with E-state index in [-0.39, 0.29) is 12.1 Å². The lowest BCUT2D eigenvalue weighted by atomic mass is 9.93. The zero-order chi connectivity index (χ0) is 15.1. The van der Waals surface area contributed by atoms with Gasteiger partial charge in [-0.3, -0.25) is 0 Å². The molecule has 0 saturated heterocycles. The van der Waals surface area contributed by atoms with E-state index in [1.807, 2.05) is 44.2 Å². The molecule has 3 heteroatoms. The van der Waals surface area contributed by atoms with Crippen molar-refractivity contribution in [1.29, 1.82) is 0 Å². The van der Waals surface area contributed by atoms with Crippen molar-refractivity contribution in [2.75, 3.05) is 6.54 Å². The van der Waals surface area contributed by atoms with Gasteiger partial charge in [0, 0.05) is 12.6 Å². The molecule has 2 unspecified atom stereocenters. The molecule has 0 fully saturated rings. The van der Waals surface area contributed by atoms with Gasteiger partial charge in [0.2, 0.25) is 0 Å². The zero-order valence-corrected chi connectivity index (χ0v) is 13.0. The molecule has 0 aliphatic rings. The van der Waals surface area contributed by atoms with Crippen LogP contribution in [0, 0.1) is 5.92 Å². The molecule has 0 amide bonds. The fourth-order valence-corrected chi connectivity index (χ4v) is 2.15. The summed E-state index contributed by atoms with van der Waals surface area (Å²) in [6.07, 6.45) is 1.42. The third-order valence-electron chi connectivity index (χ3n) is 3.15.